The molecule has 2 nitrogen and oxygen atoms in total. The molecule has 67 heavy (non-hydrogen) atoms. The normalized spacial score (nSPS) is 14.9. The van der Waals surface area contributed by atoms with Gasteiger partial charge in [0.05, 0.1) is 11.1 Å². The number of hydrogen-bond acceptors (Lipinski definition) is 2. The SMILES string of the molecule is C=Cc1ccc(C2(c3ccc(C=C)cc3)c3ccccc3-c3c(N(c4ccc(-c5cccc6c5oc5ccccc56)cc4)c4ccc5c(c4)C4(CCCCC4)c4ccccc4-5)cccc32)cc1. The minimum atomic E-state index is -0.589. The molecule has 9 aromatic carbocycles. The van der Waals surface area contributed by atoms with Crippen molar-refractivity contribution in [1.29, 1.82) is 0 Å². The van der Waals surface area contributed by atoms with Crippen molar-refractivity contribution in [3.63, 3.8) is 0 Å². The van der Waals surface area contributed by atoms with E-state index in [0.29, 0.717) is 0 Å². The highest BCUT2D eigenvalue weighted by molar-refractivity contribution is 6.09. The number of para-hydroxylation sites is 2. The molecule has 13 rings (SSSR count). The average Bonchev–Trinajstić information content (AvgIpc) is 4.02. The van der Waals surface area contributed by atoms with Crippen LogP contribution in [0.25, 0.3) is 67.5 Å². The van der Waals surface area contributed by atoms with Gasteiger partial charge in [0.2, 0.25) is 0 Å². The van der Waals surface area contributed by atoms with Gasteiger partial charge in [-0.2, -0.15) is 0 Å². The molecule has 0 N–H and O–H groups in total. The third-order valence-corrected chi connectivity index (χ3v) is 15.5. The smallest absolute Gasteiger partial charge is 0.143 e. The molecule has 0 unspecified atom stereocenters. The fraction of sp³-hybridized carbons (Fsp3) is 0.108. The van der Waals surface area contributed by atoms with Crippen LogP contribution < -0.4 is 4.90 Å². The van der Waals surface area contributed by atoms with Gasteiger partial charge in [-0.1, -0.05) is 208 Å². The molecule has 0 atom stereocenters. The van der Waals surface area contributed by atoms with E-state index in [0.717, 1.165) is 61.3 Å². The van der Waals surface area contributed by atoms with Crippen molar-refractivity contribution >= 4 is 51.2 Å². The molecule has 2 heteroatoms. The molecular formula is C65H49NO. The zero-order chi connectivity index (χ0) is 44.7. The van der Waals surface area contributed by atoms with Gasteiger partial charge in [0.15, 0.2) is 0 Å². The van der Waals surface area contributed by atoms with E-state index in [1.165, 1.54) is 87.7 Å². The topological polar surface area (TPSA) is 16.4 Å². The Labute approximate surface area is 392 Å². The second-order valence-electron chi connectivity index (χ2n) is 18.7. The Kier molecular flexibility index (Phi) is 9.02. The van der Waals surface area contributed by atoms with Crippen LogP contribution in [0.1, 0.15) is 76.6 Å². The lowest BCUT2D eigenvalue weighted by Gasteiger charge is -2.37. The number of fused-ring (bicyclic) bond motifs is 11. The van der Waals surface area contributed by atoms with Crippen LogP contribution >= 0.6 is 0 Å². The number of hydrogen-bond donors (Lipinski definition) is 0. The van der Waals surface area contributed by atoms with Crippen LogP contribution in [0.4, 0.5) is 17.1 Å². The molecule has 0 aliphatic heterocycles. The summed E-state index contributed by atoms with van der Waals surface area (Å²) in [6, 6.07) is 74.7. The molecular weight excluding hydrogens is 811 g/mol. The van der Waals surface area contributed by atoms with E-state index >= 15 is 0 Å². The summed E-state index contributed by atoms with van der Waals surface area (Å²) >= 11 is 0. The van der Waals surface area contributed by atoms with Gasteiger partial charge in [-0.05, 0) is 116 Å². The minimum Gasteiger partial charge on any atom is -0.455 e. The van der Waals surface area contributed by atoms with E-state index in [1.807, 2.05) is 18.2 Å². The molecule has 1 fully saturated rings. The van der Waals surface area contributed by atoms with E-state index in [1.54, 1.807) is 0 Å². The summed E-state index contributed by atoms with van der Waals surface area (Å²) in [7, 11) is 0. The average molecular weight is 860 g/mol. The van der Waals surface area contributed by atoms with Gasteiger partial charge < -0.3 is 9.32 Å². The van der Waals surface area contributed by atoms with Crippen LogP contribution in [0, 0.1) is 0 Å². The fourth-order valence-electron chi connectivity index (χ4n) is 12.5. The molecule has 0 radical (unpaired) electrons. The Bertz CT molecular complexity index is 3530. The predicted molar refractivity (Wildman–Crippen MR) is 281 cm³/mol. The highest BCUT2D eigenvalue weighted by Crippen LogP contribution is 2.61. The van der Waals surface area contributed by atoms with E-state index in [4.69, 9.17) is 4.42 Å². The van der Waals surface area contributed by atoms with E-state index < -0.39 is 5.41 Å². The quantitative estimate of drug-likeness (QED) is 0.151. The lowest BCUT2D eigenvalue weighted by Crippen LogP contribution is -2.29. The van der Waals surface area contributed by atoms with Crippen LogP contribution in [0.15, 0.2) is 218 Å². The monoisotopic (exact) mass is 859 g/mol. The van der Waals surface area contributed by atoms with Crippen LogP contribution in [-0.4, -0.2) is 0 Å². The van der Waals surface area contributed by atoms with Gasteiger partial charge in [-0.15, -0.1) is 0 Å². The molecule has 0 bridgehead atoms. The van der Waals surface area contributed by atoms with E-state index in [-0.39, 0.29) is 5.41 Å². The first-order chi connectivity index (χ1) is 33.1. The van der Waals surface area contributed by atoms with Gasteiger partial charge in [0.1, 0.15) is 11.2 Å². The van der Waals surface area contributed by atoms with Crippen molar-refractivity contribution in [3.05, 3.63) is 258 Å². The van der Waals surface area contributed by atoms with Gasteiger partial charge in [-0.25, -0.2) is 0 Å². The highest BCUT2D eigenvalue weighted by atomic mass is 16.3. The summed E-state index contributed by atoms with van der Waals surface area (Å²) in [6.07, 6.45) is 9.99. The first kappa shape index (κ1) is 39.4. The summed E-state index contributed by atoms with van der Waals surface area (Å²) < 4.78 is 6.56. The van der Waals surface area contributed by atoms with Gasteiger partial charge in [-0.3, -0.25) is 0 Å². The Morgan fingerprint density at radius 2 is 1.03 bits per heavy atom. The predicted octanol–water partition coefficient (Wildman–Crippen LogP) is 17.6. The summed E-state index contributed by atoms with van der Waals surface area (Å²) in [4.78, 5) is 2.54. The van der Waals surface area contributed by atoms with Crippen LogP contribution in [0.2, 0.25) is 0 Å². The highest BCUT2D eigenvalue weighted by Gasteiger charge is 2.48. The Hall–Kier alpha value is -7.94. The molecule has 3 aliphatic carbocycles. The third-order valence-electron chi connectivity index (χ3n) is 15.5. The summed E-state index contributed by atoms with van der Waals surface area (Å²) in [6.45, 7) is 8.20. The standard InChI is InChI=1S/C65H49NO/c1-3-43-26-32-46(33-27-43)65(47-34-28-44(4-2)29-35-47)57-22-10-7-18-55(57)62-58(65)23-15-24-60(62)66(49-38-39-52-51-16-6-9-21-56(51)64(59(52)42-49)40-12-5-13-41-64)48-36-30-45(31-37-48)50-19-14-20-54-53-17-8-11-25-61(53)67-63(50)54/h3-4,6-11,14-39,42H,1-2,5,12-13,40-41H2. The second-order valence-corrected chi connectivity index (χ2v) is 18.7. The number of nitrogens with zero attached hydrogens (tertiary/aromatic N) is 1. The third kappa shape index (κ3) is 5.76. The van der Waals surface area contributed by atoms with Crippen molar-refractivity contribution in [2.45, 2.75) is 42.9 Å². The Balaban J connectivity index is 1.06. The molecule has 3 aliphatic rings. The molecule has 1 spiro atoms. The Morgan fingerprint density at radius 3 is 1.76 bits per heavy atom. The van der Waals surface area contributed by atoms with Crippen molar-refractivity contribution in [2.75, 3.05) is 4.90 Å². The van der Waals surface area contributed by atoms with Gasteiger partial charge >= 0.3 is 0 Å². The number of rotatable bonds is 8. The second kappa shape index (κ2) is 15.3. The summed E-state index contributed by atoms with van der Waals surface area (Å²) in [5.74, 6) is 0. The largest absolute Gasteiger partial charge is 0.455 e. The molecule has 1 heterocycles. The lowest BCUT2D eigenvalue weighted by atomic mass is 9.67. The summed E-state index contributed by atoms with van der Waals surface area (Å²) in [5.41, 5.74) is 22.3. The molecule has 1 saturated carbocycles. The molecule has 1 aromatic heterocycles. The van der Waals surface area contributed by atoms with Crippen LogP contribution in [-0.2, 0) is 10.8 Å². The van der Waals surface area contributed by atoms with Crippen LogP contribution in [0.3, 0.4) is 0 Å². The fourth-order valence-corrected chi connectivity index (χ4v) is 12.5. The maximum absolute atomic E-state index is 6.56. The number of anilines is 3. The zero-order valence-electron chi connectivity index (χ0n) is 37.5. The number of benzene rings is 9. The number of furan rings is 1. The van der Waals surface area contributed by atoms with Gasteiger partial charge in [0, 0.05) is 38.7 Å². The van der Waals surface area contributed by atoms with Gasteiger partial charge in [0.25, 0.3) is 0 Å². The first-order valence-electron chi connectivity index (χ1n) is 23.9. The van der Waals surface area contributed by atoms with E-state index in [2.05, 4.69) is 212 Å². The first-order valence-corrected chi connectivity index (χ1v) is 23.9. The molecule has 0 saturated heterocycles. The van der Waals surface area contributed by atoms with Crippen LogP contribution in [0.5, 0.6) is 0 Å². The maximum atomic E-state index is 6.56. The van der Waals surface area contributed by atoms with Crippen molar-refractivity contribution in [1.82, 2.24) is 0 Å². The van der Waals surface area contributed by atoms with Crippen molar-refractivity contribution in [3.8, 4) is 33.4 Å². The maximum Gasteiger partial charge on any atom is 0.143 e. The molecule has 10 aromatic rings. The van der Waals surface area contributed by atoms with Crippen molar-refractivity contribution < 1.29 is 4.42 Å². The lowest BCUT2D eigenvalue weighted by molar-refractivity contribution is 0.353. The zero-order valence-corrected chi connectivity index (χ0v) is 37.5. The van der Waals surface area contributed by atoms with Crippen molar-refractivity contribution in [2.24, 2.45) is 0 Å². The summed E-state index contributed by atoms with van der Waals surface area (Å²) in [5, 5.41) is 2.27. The minimum absolute atomic E-state index is 0.0105. The Morgan fingerprint density at radius 1 is 0.448 bits per heavy atom. The molecule has 320 valence electrons. The van der Waals surface area contributed by atoms with E-state index in [9.17, 15) is 0 Å². The molecule has 0 amide bonds.